The van der Waals surface area contributed by atoms with Crippen molar-refractivity contribution in [3.05, 3.63) is 63.9 Å². The number of nitrogens with zero attached hydrogens (tertiary/aromatic N) is 2. The molecule has 0 radical (unpaired) electrons. The van der Waals surface area contributed by atoms with E-state index in [1.807, 2.05) is 5.38 Å². The number of hydrogen-bond donors (Lipinski definition) is 0. The fourth-order valence-electron chi connectivity index (χ4n) is 3.92. The maximum absolute atomic E-state index is 13.4. The molecule has 176 valence electrons. The van der Waals surface area contributed by atoms with Crippen LogP contribution in [0.15, 0.2) is 46.7 Å². The molecular weight excluding hydrogens is 487 g/mol. The standard InChI is InChI=1S/C23H24ClFN2O4S2/c1-30-17-4-6-21(31-2)22(13-17)33(28,29)18-7-9-27(10-8-18)23-26-16(14-32-23)11-15-3-5-20(25)19(24)12-15/h3-6,12-14,18H,7-11H2,1-2H3. The molecule has 1 aliphatic heterocycles. The molecular formula is C23H24ClFN2O4S2. The van der Waals surface area contributed by atoms with Gasteiger partial charge in [0.2, 0.25) is 0 Å². The lowest BCUT2D eigenvalue weighted by Crippen LogP contribution is -2.39. The summed E-state index contributed by atoms with van der Waals surface area (Å²) >= 11 is 7.39. The molecule has 0 atom stereocenters. The number of benzene rings is 2. The highest BCUT2D eigenvalue weighted by atomic mass is 35.5. The minimum atomic E-state index is -3.58. The van der Waals surface area contributed by atoms with Gasteiger partial charge >= 0.3 is 0 Å². The summed E-state index contributed by atoms with van der Waals surface area (Å²) < 4.78 is 50.5. The van der Waals surface area contributed by atoms with Gasteiger partial charge in [-0.2, -0.15) is 0 Å². The molecule has 0 aliphatic carbocycles. The number of sulfone groups is 1. The molecule has 1 aromatic heterocycles. The van der Waals surface area contributed by atoms with Gasteiger partial charge in [-0.15, -0.1) is 11.3 Å². The Kier molecular flexibility index (Phi) is 7.11. The third-order valence-electron chi connectivity index (χ3n) is 5.74. The second-order valence-electron chi connectivity index (χ2n) is 7.79. The largest absolute Gasteiger partial charge is 0.497 e. The fraction of sp³-hybridized carbons (Fsp3) is 0.348. The number of hydrogen-bond acceptors (Lipinski definition) is 7. The van der Waals surface area contributed by atoms with Crippen molar-refractivity contribution in [1.29, 1.82) is 0 Å². The van der Waals surface area contributed by atoms with Crippen LogP contribution in [0.25, 0.3) is 0 Å². The van der Waals surface area contributed by atoms with Gasteiger partial charge in [-0.1, -0.05) is 17.7 Å². The minimum absolute atomic E-state index is 0.0962. The van der Waals surface area contributed by atoms with E-state index >= 15 is 0 Å². The summed E-state index contributed by atoms with van der Waals surface area (Å²) in [5.41, 5.74) is 1.75. The Bertz CT molecular complexity index is 1240. The van der Waals surface area contributed by atoms with E-state index in [2.05, 4.69) is 4.90 Å². The molecule has 1 saturated heterocycles. The molecule has 0 saturated carbocycles. The van der Waals surface area contributed by atoms with Crippen LogP contribution in [0.1, 0.15) is 24.1 Å². The second kappa shape index (κ2) is 9.87. The SMILES string of the molecule is COc1ccc(OC)c(S(=O)(=O)C2CCN(c3nc(Cc4ccc(F)c(Cl)c4)cs3)CC2)c1. The van der Waals surface area contributed by atoms with E-state index in [0.717, 1.165) is 16.4 Å². The second-order valence-corrected chi connectivity index (χ2v) is 11.2. The van der Waals surface area contributed by atoms with Gasteiger partial charge in [0, 0.05) is 31.0 Å². The van der Waals surface area contributed by atoms with Crippen molar-refractivity contribution < 1.29 is 22.3 Å². The first-order valence-corrected chi connectivity index (χ1v) is 13.2. The maximum Gasteiger partial charge on any atom is 0.185 e. The molecule has 3 aromatic rings. The van der Waals surface area contributed by atoms with Crippen molar-refractivity contribution >= 4 is 37.9 Å². The average Bonchev–Trinajstić information content (AvgIpc) is 3.29. The molecule has 0 amide bonds. The third-order valence-corrected chi connectivity index (χ3v) is 9.26. The monoisotopic (exact) mass is 510 g/mol. The molecule has 2 aromatic carbocycles. The predicted octanol–water partition coefficient (Wildman–Crippen LogP) is 4.99. The van der Waals surface area contributed by atoms with Crippen LogP contribution in [0.2, 0.25) is 5.02 Å². The number of rotatable bonds is 7. The minimum Gasteiger partial charge on any atom is -0.497 e. The van der Waals surface area contributed by atoms with Crippen LogP contribution in [-0.2, 0) is 16.3 Å². The smallest absolute Gasteiger partial charge is 0.185 e. The molecule has 0 spiro atoms. The first-order chi connectivity index (χ1) is 15.8. The maximum atomic E-state index is 13.4. The number of thiazole rings is 1. The highest BCUT2D eigenvalue weighted by Crippen LogP contribution is 2.35. The van der Waals surface area contributed by atoms with Gasteiger partial charge in [-0.05, 0) is 42.7 Å². The number of piperidine rings is 1. The number of methoxy groups -OCH3 is 2. The third kappa shape index (κ3) is 5.10. The molecule has 6 nitrogen and oxygen atoms in total. The van der Waals surface area contributed by atoms with Gasteiger partial charge in [0.1, 0.15) is 22.2 Å². The lowest BCUT2D eigenvalue weighted by Gasteiger charge is -2.31. The van der Waals surface area contributed by atoms with Crippen LogP contribution in [0.4, 0.5) is 9.52 Å². The van der Waals surface area contributed by atoms with E-state index < -0.39 is 20.9 Å². The van der Waals surface area contributed by atoms with Crippen LogP contribution in [-0.4, -0.2) is 46.0 Å². The van der Waals surface area contributed by atoms with Crippen LogP contribution in [0, 0.1) is 5.82 Å². The Morgan fingerprint density at radius 3 is 2.58 bits per heavy atom. The van der Waals surface area contributed by atoms with Gasteiger partial charge in [-0.3, -0.25) is 0 Å². The number of anilines is 1. The topological polar surface area (TPSA) is 68.7 Å². The Morgan fingerprint density at radius 2 is 1.91 bits per heavy atom. The molecule has 0 N–H and O–H groups in total. The molecule has 10 heteroatoms. The lowest BCUT2D eigenvalue weighted by molar-refractivity contribution is 0.391. The quantitative estimate of drug-likeness (QED) is 0.446. The van der Waals surface area contributed by atoms with Gasteiger partial charge in [-0.25, -0.2) is 17.8 Å². The van der Waals surface area contributed by atoms with Gasteiger partial charge < -0.3 is 14.4 Å². The summed E-state index contributed by atoms with van der Waals surface area (Å²) in [5, 5.41) is 2.42. The van der Waals surface area contributed by atoms with Crippen LogP contribution >= 0.6 is 22.9 Å². The number of aromatic nitrogens is 1. The van der Waals surface area contributed by atoms with E-state index in [1.165, 1.54) is 37.7 Å². The molecule has 0 bridgehead atoms. The van der Waals surface area contributed by atoms with E-state index in [0.29, 0.717) is 43.9 Å². The summed E-state index contributed by atoms with van der Waals surface area (Å²) in [6.07, 6.45) is 1.54. The van der Waals surface area contributed by atoms with Crippen LogP contribution in [0.3, 0.4) is 0 Å². The first kappa shape index (κ1) is 23.8. The number of halogens is 2. The molecule has 2 heterocycles. The van der Waals surface area contributed by atoms with Crippen LogP contribution < -0.4 is 14.4 Å². The summed E-state index contributed by atoms with van der Waals surface area (Å²) in [6.45, 7) is 1.18. The van der Waals surface area contributed by atoms with E-state index in [9.17, 15) is 12.8 Å². The Balaban J connectivity index is 1.43. The lowest BCUT2D eigenvalue weighted by atomic mass is 10.1. The van der Waals surface area contributed by atoms with E-state index in [-0.39, 0.29) is 9.92 Å². The zero-order valence-electron chi connectivity index (χ0n) is 18.3. The average molecular weight is 511 g/mol. The van der Waals surface area contributed by atoms with Crippen molar-refractivity contribution in [2.45, 2.75) is 29.4 Å². The number of ether oxygens (including phenoxy) is 2. The van der Waals surface area contributed by atoms with E-state index in [1.54, 1.807) is 24.3 Å². The normalized spacial score (nSPS) is 15.0. The predicted molar refractivity (Wildman–Crippen MR) is 128 cm³/mol. The van der Waals surface area contributed by atoms with Crippen molar-refractivity contribution in [2.75, 3.05) is 32.2 Å². The highest BCUT2D eigenvalue weighted by Gasteiger charge is 2.34. The zero-order chi connectivity index (χ0) is 23.6. The zero-order valence-corrected chi connectivity index (χ0v) is 20.6. The first-order valence-electron chi connectivity index (χ1n) is 10.4. The van der Waals surface area contributed by atoms with Crippen molar-refractivity contribution in [1.82, 2.24) is 4.98 Å². The van der Waals surface area contributed by atoms with E-state index in [4.69, 9.17) is 26.1 Å². The van der Waals surface area contributed by atoms with Crippen molar-refractivity contribution in [3.8, 4) is 11.5 Å². The van der Waals surface area contributed by atoms with Gasteiger partial charge in [0.05, 0.1) is 30.2 Å². The molecule has 33 heavy (non-hydrogen) atoms. The highest BCUT2D eigenvalue weighted by molar-refractivity contribution is 7.92. The Morgan fingerprint density at radius 1 is 1.15 bits per heavy atom. The van der Waals surface area contributed by atoms with Crippen molar-refractivity contribution in [2.24, 2.45) is 0 Å². The summed E-state index contributed by atoms with van der Waals surface area (Å²) in [5.74, 6) is 0.358. The summed E-state index contributed by atoms with van der Waals surface area (Å²) in [6, 6.07) is 9.48. The van der Waals surface area contributed by atoms with Gasteiger partial charge in [0.15, 0.2) is 15.0 Å². The van der Waals surface area contributed by atoms with Gasteiger partial charge in [0.25, 0.3) is 0 Å². The molecule has 1 fully saturated rings. The molecule has 4 rings (SSSR count). The fourth-order valence-corrected chi connectivity index (χ4v) is 6.91. The summed E-state index contributed by atoms with van der Waals surface area (Å²) in [4.78, 5) is 6.97. The summed E-state index contributed by atoms with van der Waals surface area (Å²) in [7, 11) is -0.613. The van der Waals surface area contributed by atoms with Crippen LogP contribution in [0.5, 0.6) is 11.5 Å². The Labute approximate surface area is 201 Å². The van der Waals surface area contributed by atoms with Crippen molar-refractivity contribution in [3.63, 3.8) is 0 Å². The molecule has 1 aliphatic rings. The molecule has 0 unspecified atom stereocenters. The Hall–Kier alpha value is -2.36.